The van der Waals surface area contributed by atoms with E-state index in [1.54, 1.807) is 0 Å². The minimum absolute atomic E-state index is 0.0265. The van der Waals surface area contributed by atoms with Crippen LogP contribution in [0, 0.1) is 0 Å². The van der Waals surface area contributed by atoms with Crippen LogP contribution in [-0.2, 0) is 10.3 Å². The molecule has 3 aromatic carbocycles. The SMILES string of the molecule is CCN(CC)c1ccc(C2(c3ccc(N(C)C)cc3)OC(=O)c3c(Cl)c(Cl)c(Cl)c(Cl)c32)c(N(CC)CC)c1. The fraction of sp³-hybridized carbons (Fsp3) is 0.367. The van der Waals surface area contributed by atoms with E-state index in [1.165, 1.54) is 0 Å². The van der Waals surface area contributed by atoms with Gasteiger partial charge in [0.1, 0.15) is 0 Å². The summed E-state index contributed by atoms with van der Waals surface area (Å²) >= 11 is 26.6. The number of carbonyl (C=O) groups excluding carboxylic acids is 1. The van der Waals surface area contributed by atoms with Gasteiger partial charge in [-0.1, -0.05) is 64.6 Å². The number of fused-ring (bicyclic) bond motifs is 1. The van der Waals surface area contributed by atoms with Crippen molar-refractivity contribution >= 4 is 69.4 Å². The number of benzene rings is 3. The van der Waals surface area contributed by atoms with Gasteiger partial charge in [-0.05, 0) is 52.0 Å². The number of carbonyl (C=O) groups is 1. The molecule has 0 aromatic heterocycles. The van der Waals surface area contributed by atoms with Crippen LogP contribution in [0.2, 0.25) is 20.1 Å². The van der Waals surface area contributed by atoms with Crippen molar-refractivity contribution in [2.75, 3.05) is 55.0 Å². The maximum Gasteiger partial charge on any atom is 0.341 e. The number of esters is 1. The molecule has 0 N–H and O–H groups in total. The fourth-order valence-corrected chi connectivity index (χ4v) is 6.43. The van der Waals surface area contributed by atoms with Gasteiger partial charge in [0.15, 0.2) is 5.60 Å². The second-order valence-electron chi connectivity index (χ2n) is 9.56. The zero-order valence-corrected chi connectivity index (χ0v) is 26.1. The molecule has 0 aliphatic carbocycles. The first-order chi connectivity index (χ1) is 18.6. The molecule has 1 atom stereocenters. The van der Waals surface area contributed by atoms with Gasteiger partial charge in [0.2, 0.25) is 0 Å². The summed E-state index contributed by atoms with van der Waals surface area (Å²) in [5.41, 5.74) is 3.61. The summed E-state index contributed by atoms with van der Waals surface area (Å²) in [5, 5.41) is 0.279. The van der Waals surface area contributed by atoms with Crippen LogP contribution in [-0.4, -0.2) is 46.2 Å². The average Bonchev–Trinajstić information content (AvgIpc) is 3.26. The maximum absolute atomic E-state index is 13.6. The molecule has 4 rings (SSSR count). The van der Waals surface area contributed by atoms with Gasteiger partial charge in [0, 0.05) is 74.0 Å². The van der Waals surface area contributed by atoms with Crippen molar-refractivity contribution in [2.24, 2.45) is 0 Å². The average molecular weight is 609 g/mol. The molecule has 1 heterocycles. The quantitative estimate of drug-likeness (QED) is 0.138. The first-order valence-electron chi connectivity index (χ1n) is 13.1. The highest BCUT2D eigenvalue weighted by atomic mass is 35.5. The summed E-state index contributed by atoms with van der Waals surface area (Å²) in [6.07, 6.45) is 0. The van der Waals surface area contributed by atoms with Crippen LogP contribution in [0.4, 0.5) is 17.1 Å². The second-order valence-corrected chi connectivity index (χ2v) is 11.1. The molecule has 0 saturated carbocycles. The number of cyclic esters (lactones) is 1. The Morgan fingerprint density at radius 3 is 1.79 bits per heavy atom. The summed E-state index contributed by atoms with van der Waals surface area (Å²) in [7, 11) is 3.94. The van der Waals surface area contributed by atoms with Gasteiger partial charge in [-0.25, -0.2) is 4.79 Å². The predicted molar refractivity (Wildman–Crippen MR) is 166 cm³/mol. The Hall–Kier alpha value is -2.31. The molecular weight excluding hydrogens is 576 g/mol. The Morgan fingerprint density at radius 2 is 1.26 bits per heavy atom. The van der Waals surface area contributed by atoms with E-state index in [9.17, 15) is 4.79 Å². The number of hydrogen-bond donors (Lipinski definition) is 0. The van der Waals surface area contributed by atoms with Crippen LogP contribution in [0.25, 0.3) is 0 Å². The van der Waals surface area contributed by atoms with Gasteiger partial charge in [-0.2, -0.15) is 0 Å². The summed E-state index contributed by atoms with van der Waals surface area (Å²) < 4.78 is 6.42. The van der Waals surface area contributed by atoms with Gasteiger partial charge in [-0.3, -0.25) is 0 Å². The Kier molecular flexibility index (Phi) is 8.87. The van der Waals surface area contributed by atoms with Crippen molar-refractivity contribution in [1.82, 2.24) is 0 Å². The molecule has 3 aromatic rings. The molecule has 9 heteroatoms. The first kappa shape index (κ1) is 29.7. The number of nitrogens with zero attached hydrogens (tertiary/aromatic N) is 3. The minimum Gasteiger partial charge on any atom is -0.440 e. The maximum atomic E-state index is 13.6. The van der Waals surface area contributed by atoms with E-state index < -0.39 is 11.6 Å². The third-order valence-corrected chi connectivity index (χ3v) is 9.25. The zero-order valence-electron chi connectivity index (χ0n) is 23.0. The monoisotopic (exact) mass is 607 g/mol. The standard InChI is InChI=1S/C30H33Cl4N3O2/c1-7-36(8-2)20-15-16-21(22(17-20)37(9-3)10-4)30(18-11-13-19(14-12-18)35(5)6)24-23(29(38)39-30)25(31)27(33)28(34)26(24)32/h11-17H,7-10H2,1-6H3. The molecule has 1 aliphatic rings. The zero-order chi connectivity index (χ0) is 28.6. The highest BCUT2D eigenvalue weighted by Gasteiger charge is 2.53. The molecule has 0 saturated heterocycles. The topological polar surface area (TPSA) is 36.0 Å². The lowest BCUT2D eigenvalue weighted by molar-refractivity contribution is 0.0253. The number of ether oxygens (including phenoxy) is 1. The fourth-order valence-electron chi connectivity index (χ4n) is 5.37. The van der Waals surface area contributed by atoms with Crippen LogP contribution in [0.15, 0.2) is 42.5 Å². The van der Waals surface area contributed by atoms with Crippen LogP contribution in [0.1, 0.15) is 54.7 Å². The molecule has 0 fully saturated rings. The van der Waals surface area contributed by atoms with Crippen LogP contribution in [0.5, 0.6) is 0 Å². The van der Waals surface area contributed by atoms with E-state index in [4.69, 9.17) is 51.1 Å². The van der Waals surface area contributed by atoms with Crippen molar-refractivity contribution in [3.63, 3.8) is 0 Å². The summed E-state index contributed by atoms with van der Waals surface area (Å²) in [4.78, 5) is 20.2. The van der Waals surface area contributed by atoms with Gasteiger partial charge >= 0.3 is 5.97 Å². The van der Waals surface area contributed by atoms with Crippen molar-refractivity contribution in [1.29, 1.82) is 0 Å². The lowest BCUT2D eigenvalue weighted by atomic mass is 9.78. The van der Waals surface area contributed by atoms with Crippen molar-refractivity contribution in [3.05, 3.63) is 84.8 Å². The second kappa shape index (κ2) is 11.7. The molecule has 0 spiro atoms. The molecule has 1 unspecified atom stereocenters. The van der Waals surface area contributed by atoms with E-state index >= 15 is 0 Å². The largest absolute Gasteiger partial charge is 0.440 e. The Bertz CT molecular complexity index is 1390. The number of hydrogen-bond acceptors (Lipinski definition) is 5. The molecular formula is C30H33Cl4N3O2. The van der Waals surface area contributed by atoms with Crippen LogP contribution in [0.3, 0.4) is 0 Å². The molecule has 5 nitrogen and oxygen atoms in total. The molecule has 0 bridgehead atoms. The Balaban J connectivity index is 2.16. The van der Waals surface area contributed by atoms with E-state index in [2.05, 4.69) is 49.6 Å². The van der Waals surface area contributed by atoms with E-state index in [0.717, 1.165) is 54.4 Å². The van der Waals surface area contributed by atoms with Gasteiger partial charge in [0.25, 0.3) is 0 Å². The normalized spacial score (nSPS) is 16.2. The summed E-state index contributed by atoms with van der Waals surface area (Å²) in [5.74, 6) is -0.606. The lowest BCUT2D eigenvalue weighted by Gasteiger charge is -2.36. The lowest BCUT2D eigenvalue weighted by Crippen LogP contribution is -2.34. The van der Waals surface area contributed by atoms with Crippen molar-refractivity contribution in [2.45, 2.75) is 33.3 Å². The molecule has 39 heavy (non-hydrogen) atoms. The van der Waals surface area contributed by atoms with Crippen molar-refractivity contribution in [3.8, 4) is 0 Å². The van der Waals surface area contributed by atoms with Crippen LogP contribution < -0.4 is 14.7 Å². The van der Waals surface area contributed by atoms with E-state index in [1.807, 2.05) is 49.3 Å². The predicted octanol–water partition coefficient (Wildman–Crippen LogP) is 8.52. The molecule has 0 amide bonds. The first-order valence-corrected chi connectivity index (χ1v) is 14.6. The molecule has 208 valence electrons. The van der Waals surface area contributed by atoms with Crippen LogP contribution >= 0.6 is 46.4 Å². The van der Waals surface area contributed by atoms with Gasteiger partial charge < -0.3 is 19.4 Å². The van der Waals surface area contributed by atoms with E-state index in [-0.39, 0.29) is 25.7 Å². The smallest absolute Gasteiger partial charge is 0.341 e. The third kappa shape index (κ3) is 4.82. The minimum atomic E-state index is -1.41. The Morgan fingerprint density at radius 1 is 0.718 bits per heavy atom. The highest BCUT2D eigenvalue weighted by Crippen LogP contribution is 2.57. The number of rotatable bonds is 9. The van der Waals surface area contributed by atoms with Gasteiger partial charge in [-0.15, -0.1) is 0 Å². The summed E-state index contributed by atoms with van der Waals surface area (Å²) in [6, 6.07) is 14.1. The number of anilines is 3. The third-order valence-electron chi connectivity index (χ3n) is 7.45. The number of halogens is 4. The van der Waals surface area contributed by atoms with Crippen molar-refractivity contribution < 1.29 is 9.53 Å². The van der Waals surface area contributed by atoms with E-state index in [0.29, 0.717) is 5.56 Å². The summed E-state index contributed by atoms with van der Waals surface area (Å²) in [6.45, 7) is 11.7. The Labute approximate surface area is 251 Å². The highest BCUT2D eigenvalue weighted by molar-refractivity contribution is 6.53. The molecule has 1 aliphatic heterocycles. The van der Waals surface area contributed by atoms with Gasteiger partial charge in [0.05, 0.1) is 25.7 Å². The molecule has 0 radical (unpaired) electrons.